The fraction of sp³-hybridized carbons (Fsp3) is 0.136. The maximum Gasteiger partial charge on any atom is 0.215 e. The van der Waals surface area contributed by atoms with Crippen LogP contribution in [0.2, 0.25) is 0 Å². The van der Waals surface area contributed by atoms with Crippen molar-refractivity contribution in [3.05, 3.63) is 72.4 Å². The van der Waals surface area contributed by atoms with Gasteiger partial charge in [-0.05, 0) is 48.4 Å². The number of aryl methyl sites for hydroxylation is 2. The highest BCUT2D eigenvalue weighted by Gasteiger charge is 2.14. The maximum atomic E-state index is 5.27. The third-order valence-corrected chi connectivity index (χ3v) is 4.66. The second-order valence-corrected chi connectivity index (χ2v) is 6.25. The molecule has 0 bridgehead atoms. The van der Waals surface area contributed by atoms with E-state index >= 15 is 0 Å². The van der Waals surface area contributed by atoms with Gasteiger partial charge >= 0.3 is 0 Å². The lowest BCUT2D eigenvalue weighted by atomic mass is 9.97. The monoisotopic (exact) mass is 349 g/mol. The Morgan fingerprint density at radius 1 is 0.840 bits per heavy atom. The van der Waals surface area contributed by atoms with Crippen LogP contribution in [0.15, 0.2) is 66.9 Å². The van der Waals surface area contributed by atoms with Gasteiger partial charge in [-0.25, -0.2) is 4.57 Å². The van der Waals surface area contributed by atoms with E-state index in [2.05, 4.69) is 73.3 Å². The number of ether oxygens (including phenoxy) is 1. The van der Waals surface area contributed by atoms with Gasteiger partial charge in [-0.2, -0.15) is 0 Å². The summed E-state index contributed by atoms with van der Waals surface area (Å²) in [4.78, 5) is 0. The molecule has 0 saturated heterocycles. The van der Waals surface area contributed by atoms with E-state index in [-0.39, 0.29) is 12.4 Å². The second-order valence-electron chi connectivity index (χ2n) is 6.25. The molecule has 0 unspecified atom stereocenters. The first kappa shape index (κ1) is 17.2. The van der Waals surface area contributed by atoms with E-state index in [0.717, 1.165) is 5.75 Å². The van der Waals surface area contributed by atoms with Crippen LogP contribution in [0.1, 0.15) is 5.56 Å². The van der Waals surface area contributed by atoms with Crippen LogP contribution in [0.4, 0.5) is 0 Å². The number of benzene rings is 3. The SMILES string of the molecule is COc1ccc(-c2cc(C)c3c(c2)c2ccccc2c[n+]3C)cc1.[Cl-]. The van der Waals surface area contributed by atoms with Gasteiger partial charge in [0.15, 0.2) is 6.20 Å². The molecule has 1 aromatic heterocycles. The molecular formula is C22H20ClNO. The normalized spacial score (nSPS) is 10.7. The zero-order valence-corrected chi connectivity index (χ0v) is 15.3. The molecule has 1 heterocycles. The number of nitrogens with zero attached hydrogens (tertiary/aromatic N) is 1. The summed E-state index contributed by atoms with van der Waals surface area (Å²) in [6, 6.07) is 21.4. The predicted octanol–water partition coefficient (Wildman–Crippen LogP) is 1.81. The molecule has 0 spiro atoms. The van der Waals surface area contributed by atoms with Gasteiger partial charge in [0.2, 0.25) is 5.52 Å². The Bertz CT molecular complexity index is 1050. The first-order valence-corrected chi connectivity index (χ1v) is 8.13. The van der Waals surface area contributed by atoms with Crippen molar-refractivity contribution < 1.29 is 21.7 Å². The average molecular weight is 350 g/mol. The molecule has 0 aliphatic heterocycles. The zero-order valence-electron chi connectivity index (χ0n) is 14.6. The van der Waals surface area contributed by atoms with Crippen LogP contribution >= 0.6 is 0 Å². The molecule has 126 valence electrons. The van der Waals surface area contributed by atoms with Crippen LogP contribution in [-0.4, -0.2) is 7.11 Å². The number of methoxy groups -OCH3 is 1. The van der Waals surface area contributed by atoms with E-state index in [0.29, 0.717) is 0 Å². The van der Waals surface area contributed by atoms with E-state index in [1.807, 2.05) is 12.1 Å². The van der Waals surface area contributed by atoms with Gasteiger partial charge < -0.3 is 17.1 Å². The smallest absolute Gasteiger partial charge is 0.215 e. The lowest BCUT2D eigenvalue weighted by Crippen LogP contribution is -3.00. The van der Waals surface area contributed by atoms with Crippen LogP contribution in [-0.2, 0) is 7.05 Å². The minimum absolute atomic E-state index is 0. The van der Waals surface area contributed by atoms with Crippen molar-refractivity contribution >= 4 is 21.7 Å². The molecule has 25 heavy (non-hydrogen) atoms. The minimum Gasteiger partial charge on any atom is -1.00 e. The number of aromatic nitrogens is 1. The van der Waals surface area contributed by atoms with Crippen LogP contribution in [0.3, 0.4) is 0 Å². The van der Waals surface area contributed by atoms with Gasteiger partial charge in [0.1, 0.15) is 12.8 Å². The van der Waals surface area contributed by atoms with E-state index in [1.165, 1.54) is 38.4 Å². The summed E-state index contributed by atoms with van der Waals surface area (Å²) in [6.07, 6.45) is 2.21. The quantitative estimate of drug-likeness (QED) is 0.397. The van der Waals surface area contributed by atoms with E-state index in [1.54, 1.807) is 7.11 Å². The number of hydrogen-bond donors (Lipinski definition) is 0. The lowest BCUT2D eigenvalue weighted by molar-refractivity contribution is -0.643. The van der Waals surface area contributed by atoms with Crippen molar-refractivity contribution in [2.75, 3.05) is 7.11 Å². The Morgan fingerprint density at radius 3 is 2.28 bits per heavy atom. The zero-order chi connectivity index (χ0) is 16.7. The van der Waals surface area contributed by atoms with Crippen molar-refractivity contribution in [3.63, 3.8) is 0 Å². The molecule has 4 aromatic rings. The highest BCUT2D eigenvalue weighted by Crippen LogP contribution is 2.31. The molecule has 2 nitrogen and oxygen atoms in total. The summed E-state index contributed by atoms with van der Waals surface area (Å²) in [7, 11) is 3.82. The average Bonchev–Trinajstić information content (AvgIpc) is 2.61. The Labute approximate surface area is 154 Å². The van der Waals surface area contributed by atoms with Crippen molar-refractivity contribution in [2.24, 2.45) is 7.05 Å². The predicted molar refractivity (Wildman–Crippen MR) is 99.4 cm³/mol. The third-order valence-electron chi connectivity index (χ3n) is 4.66. The maximum absolute atomic E-state index is 5.27. The van der Waals surface area contributed by atoms with Crippen molar-refractivity contribution in [3.8, 4) is 16.9 Å². The minimum atomic E-state index is 0. The number of halogens is 1. The first-order chi connectivity index (χ1) is 11.7. The number of fused-ring (bicyclic) bond motifs is 3. The van der Waals surface area contributed by atoms with Gasteiger partial charge in [-0.1, -0.05) is 30.3 Å². The topological polar surface area (TPSA) is 13.1 Å². The molecule has 3 aromatic carbocycles. The van der Waals surface area contributed by atoms with Crippen LogP contribution in [0.25, 0.3) is 32.8 Å². The van der Waals surface area contributed by atoms with E-state index in [4.69, 9.17) is 4.74 Å². The molecule has 3 heteroatoms. The van der Waals surface area contributed by atoms with Gasteiger partial charge in [0.25, 0.3) is 0 Å². The largest absolute Gasteiger partial charge is 1.00 e. The Morgan fingerprint density at radius 2 is 1.56 bits per heavy atom. The summed E-state index contributed by atoms with van der Waals surface area (Å²) >= 11 is 0. The van der Waals surface area contributed by atoms with Crippen molar-refractivity contribution in [2.45, 2.75) is 6.92 Å². The molecule has 0 N–H and O–H groups in total. The summed E-state index contributed by atoms with van der Waals surface area (Å²) in [5.74, 6) is 0.883. The van der Waals surface area contributed by atoms with Crippen molar-refractivity contribution in [1.82, 2.24) is 0 Å². The van der Waals surface area contributed by atoms with Crippen LogP contribution in [0.5, 0.6) is 5.75 Å². The Kier molecular flexibility index (Phi) is 4.65. The van der Waals surface area contributed by atoms with Gasteiger partial charge in [-0.15, -0.1) is 0 Å². The fourth-order valence-electron chi connectivity index (χ4n) is 3.53. The summed E-state index contributed by atoms with van der Waals surface area (Å²) in [5, 5.41) is 3.85. The van der Waals surface area contributed by atoms with Gasteiger partial charge in [0.05, 0.1) is 12.5 Å². The van der Waals surface area contributed by atoms with Crippen LogP contribution in [0, 0.1) is 6.92 Å². The standard InChI is InChI=1S/C22H20NO.ClH/c1-15-12-18(16-8-10-19(24-3)11-9-16)13-21-20-7-5-4-6-17(20)14-23(2)22(15)21;/h4-14H,1-3H3;1H/q+1;/p-1. The molecule has 0 fully saturated rings. The Hall–Kier alpha value is -2.58. The number of hydrogen-bond acceptors (Lipinski definition) is 1. The molecule has 0 atom stereocenters. The van der Waals surface area contributed by atoms with Gasteiger partial charge in [0, 0.05) is 16.3 Å². The van der Waals surface area contributed by atoms with Crippen molar-refractivity contribution in [1.29, 1.82) is 0 Å². The summed E-state index contributed by atoms with van der Waals surface area (Å²) in [5.41, 5.74) is 5.01. The first-order valence-electron chi connectivity index (χ1n) is 8.13. The highest BCUT2D eigenvalue weighted by molar-refractivity contribution is 6.06. The molecule has 0 aliphatic carbocycles. The second kappa shape index (κ2) is 6.73. The fourth-order valence-corrected chi connectivity index (χ4v) is 3.53. The van der Waals surface area contributed by atoms with E-state index < -0.39 is 0 Å². The molecule has 0 aliphatic rings. The number of pyridine rings is 1. The van der Waals surface area contributed by atoms with Gasteiger partial charge in [-0.3, -0.25) is 0 Å². The van der Waals surface area contributed by atoms with E-state index in [9.17, 15) is 0 Å². The summed E-state index contributed by atoms with van der Waals surface area (Å²) < 4.78 is 7.50. The third kappa shape index (κ3) is 2.94. The van der Waals surface area contributed by atoms with Crippen LogP contribution < -0.4 is 21.7 Å². The molecule has 4 rings (SSSR count). The Balaban J connectivity index is 0.00000182. The molecule has 0 radical (unpaired) electrons. The number of rotatable bonds is 2. The highest BCUT2D eigenvalue weighted by atomic mass is 35.5. The summed E-state index contributed by atoms with van der Waals surface area (Å²) in [6.45, 7) is 2.18. The molecule has 0 saturated carbocycles. The lowest BCUT2D eigenvalue weighted by Gasteiger charge is -2.09. The molecule has 0 amide bonds. The molecular weight excluding hydrogens is 330 g/mol.